The van der Waals surface area contributed by atoms with Gasteiger partial charge in [-0.05, 0) is 77.6 Å². The Morgan fingerprint density at radius 3 is 1.24 bits per heavy atom. The molecule has 0 saturated carbocycles. The molecule has 1 aliphatic heterocycles. The first-order chi connectivity index (χ1) is 14.9. The van der Waals surface area contributed by atoms with Crippen LogP contribution in [0.3, 0.4) is 0 Å². The van der Waals surface area contributed by atoms with E-state index in [9.17, 15) is 9.59 Å². The third-order valence-corrected chi connectivity index (χ3v) is 6.03. The molecule has 1 fully saturated rings. The van der Waals surface area contributed by atoms with Crippen LogP contribution in [0.4, 0.5) is 11.4 Å². The Kier molecular flexibility index (Phi) is 9.64. The van der Waals surface area contributed by atoms with Crippen LogP contribution in [0.2, 0.25) is 0 Å². The van der Waals surface area contributed by atoms with Crippen molar-refractivity contribution in [2.75, 3.05) is 9.80 Å². The summed E-state index contributed by atoms with van der Waals surface area (Å²) in [6.45, 7) is 22.7. The third-order valence-electron chi connectivity index (χ3n) is 6.03. The number of hydrogen-bond donors (Lipinski definition) is 0. The van der Waals surface area contributed by atoms with Gasteiger partial charge in [0.25, 0.3) is 0 Å². The number of anilines is 2. The van der Waals surface area contributed by atoms with Crippen LogP contribution < -0.4 is 9.80 Å². The molecule has 2 aromatic rings. The van der Waals surface area contributed by atoms with Crippen molar-refractivity contribution in [2.45, 2.75) is 75.7 Å². The molecule has 5 heteroatoms. The van der Waals surface area contributed by atoms with Crippen LogP contribution >= 0.6 is 0 Å². The van der Waals surface area contributed by atoms with Crippen molar-refractivity contribution in [3.05, 3.63) is 70.7 Å². The summed E-state index contributed by atoms with van der Waals surface area (Å²) in [5, 5.41) is 0. The fourth-order valence-electron chi connectivity index (χ4n) is 4.81. The van der Waals surface area contributed by atoms with E-state index in [-0.39, 0.29) is 31.3 Å². The maximum absolute atomic E-state index is 13.7. The molecular weight excluding hydrogens is 462 g/mol. The normalized spacial score (nSPS) is 15.7. The summed E-state index contributed by atoms with van der Waals surface area (Å²) in [5.41, 5.74) is 7.08. The molecule has 0 spiro atoms. The quantitative estimate of drug-likeness (QED) is 0.268. The molecule has 0 atom stereocenters. The fourth-order valence-corrected chi connectivity index (χ4v) is 4.81. The van der Waals surface area contributed by atoms with Gasteiger partial charge in [0.1, 0.15) is 5.41 Å². The molecule has 33 heavy (non-hydrogen) atoms. The molecule has 2 amide bonds. The van der Waals surface area contributed by atoms with E-state index in [1.54, 1.807) is 30.6 Å². The van der Waals surface area contributed by atoms with E-state index in [2.05, 4.69) is 45.0 Å². The molecule has 0 radical (unpaired) electrons. The van der Waals surface area contributed by atoms with Gasteiger partial charge in [0.15, 0.2) is 0 Å². The van der Waals surface area contributed by atoms with Gasteiger partial charge in [-0.2, -0.15) is 6.92 Å². The molecule has 174 valence electrons. The van der Waals surface area contributed by atoms with Crippen LogP contribution in [-0.4, -0.2) is 11.8 Å². The third kappa shape index (κ3) is 5.09. The molecular formula is C28H38N2O2Zn. The maximum atomic E-state index is 13.7. The first-order valence-electron chi connectivity index (χ1n) is 11.3. The molecule has 0 N–H and O–H groups in total. The number of nitrogens with zero attached hydrogens (tertiary/aromatic N) is 2. The Bertz CT molecular complexity index is 917. The minimum absolute atomic E-state index is 0. The van der Waals surface area contributed by atoms with Crippen LogP contribution in [0.15, 0.2) is 24.3 Å². The van der Waals surface area contributed by atoms with E-state index in [0.29, 0.717) is 6.42 Å². The van der Waals surface area contributed by atoms with Crippen LogP contribution in [0, 0.1) is 60.0 Å². The van der Waals surface area contributed by atoms with Gasteiger partial charge in [-0.1, -0.05) is 42.3 Å². The summed E-state index contributed by atoms with van der Waals surface area (Å²) in [6, 6.07) is 8.39. The zero-order valence-corrected chi connectivity index (χ0v) is 25.1. The summed E-state index contributed by atoms with van der Waals surface area (Å²) < 4.78 is 0. The van der Waals surface area contributed by atoms with Crippen molar-refractivity contribution in [2.24, 2.45) is 5.41 Å². The summed E-state index contributed by atoms with van der Waals surface area (Å²) in [4.78, 5) is 30.9. The van der Waals surface area contributed by atoms with Crippen molar-refractivity contribution < 1.29 is 29.1 Å². The molecule has 2 aromatic carbocycles. The number of aryl methyl sites for hydroxylation is 6. The Morgan fingerprint density at radius 2 is 1.00 bits per heavy atom. The van der Waals surface area contributed by atoms with E-state index in [1.807, 2.05) is 34.6 Å². The summed E-state index contributed by atoms with van der Waals surface area (Å²) >= 11 is 0. The largest absolute Gasteiger partial charge is 2.00 e. The molecule has 0 unspecified atom stereocenters. The predicted molar refractivity (Wildman–Crippen MR) is 135 cm³/mol. The summed E-state index contributed by atoms with van der Waals surface area (Å²) in [5.74, 6) is -0.337. The van der Waals surface area contributed by atoms with Crippen molar-refractivity contribution in [3.8, 4) is 0 Å². The van der Waals surface area contributed by atoms with E-state index < -0.39 is 5.41 Å². The van der Waals surface area contributed by atoms with Crippen molar-refractivity contribution in [1.82, 2.24) is 0 Å². The monoisotopic (exact) mass is 498 g/mol. The van der Waals surface area contributed by atoms with E-state index in [0.717, 1.165) is 50.9 Å². The van der Waals surface area contributed by atoms with Crippen molar-refractivity contribution >= 4 is 23.2 Å². The van der Waals surface area contributed by atoms with Crippen LogP contribution in [-0.2, 0) is 29.1 Å². The van der Waals surface area contributed by atoms with Gasteiger partial charge in [-0.25, -0.2) is 0 Å². The molecule has 1 saturated heterocycles. The van der Waals surface area contributed by atoms with Gasteiger partial charge in [0, 0.05) is 11.4 Å². The predicted octanol–water partition coefficient (Wildman–Crippen LogP) is 6.68. The summed E-state index contributed by atoms with van der Waals surface area (Å²) in [7, 11) is 0. The first-order valence-corrected chi connectivity index (χ1v) is 11.3. The Hall–Kier alpha value is -2.00. The summed E-state index contributed by atoms with van der Waals surface area (Å²) in [6.07, 6.45) is 1.28. The molecule has 3 rings (SSSR count). The fraction of sp³-hybridized carbons (Fsp3) is 0.429. The second-order valence-corrected chi connectivity index (χ2v) is 9.17. The maximum Gasteiger partial charge on any atom is 2.00 e. The number of benzene rings is 2. The number of hydrogen-bond acceptors (Lipinski definition) is 2. The second kappa shape index (κ2) is 11.0. The average molecular weight is 500 g/mol. The van der Waals surface area contributed by atoms with E-state index in [4.69, 9.17) is 0 Å². The molecule has 0 aliphatic carbocycles. The van der Waals surface area contributed by atoms with Crippen LogP contribution in [0.1, 0.15) is 67.5 Å². The molecule has 4 nitrogen and oxygen atoms in total. The molecule has 0 aromatic heterocycles. The number of carbonyl (C=O) groups is 2. The molecule has 1 aliphatic rings. The first kappa shape index (κ1) is 29.0. The van der Waals surface area contributed by atoms with Gasteiger partial charge >= 0.3 is 19.5 Å². The van der Waals surface area contributed by atoms with Gasteiger partial charge in [-0.3, -0.25) is 9.59 Å². The van der Waals surface area contributed by atoms with Crippen molar-refractivity contribution in [1.29, 1.82) is 0 Å². The smallest absolute Gasteiger partial charge is 0.441 e. The topological polar surface area (TPSA) is 40.6 Å². The molecule has 1 heterocycles. The Morgan fingerprint density at radius 1 is 0.727 bits per heavy atom. The van der Waals surface area contributed by atoms with Gasteiger partial charge in [0.2, 0.25) is 11.8 Å². The zero-order chi connectivity index (χ0) is 24.5. The molecule has 0 bridgehead atoms. The minimum Gasteiger partial charge on any atom is -0.441 e. The standard InChI is InChI=1S/C26H33N2O2.C2H5.Zn/c1-10-21-27(22-17(4)11-15(2)12-18(22)5)24(29)26(8,9)25(30)28(21)23-19(6)13-16(3)14-20(23)7;1-2;/h11-14H,10H2,1-9H3;1H2,2H3;/q2*-1;+2. The van der Waals surface area contributed by atoms with Gasteiger partial charge < -0.3 is 16.7 Å². The van der Waals surface area contributed by atoms with E-state index in [1.165, 1.54) is 0 Å². The Labute approximate surface area is 213 Å². The van der Waals surface area contributed by atoms with E-state index >= 15 is 0 Å². The zero-order valence-electron chi connectivity index (χ0n) is 22.1. The van der Waals surface area contributed by atoms with Gasteiger partial charge in [-0.15, -0.1) is 12.6 Å². The van der Waals surface area contributed by atoms with Gasteiger partial charge in [0.05, 0.1) is 0 Å². The average Bonchev–Trinajstić information content (AvgIpc) is 2.69. The van der Waals surface area contributed by atoms with Crippen LogP contribution in [0.5, 0.6) is 0 Å². The number of amides is 2. The minimum atomic E-state index is -1.16. The van der Waals surface area contributed by atoms with Crippen molar-refractivity contribution in [3.63, 3.8) is 0 Å². The second-order valence-electron chi connectivity index (χ2n) is 9.17. The number of rotatable bonds is 3. The SMILES string of the molecule is CC[C-]1N(c2c(C)cc(C)cc2C)C(=O)C(C)(C)C(=O)N1c1c(C)cc(C)cc1C.[CH2-]C.[Zn+2]. The Balaban J connectivity index is 0.00000177. The van der Waals surface area contributed by atoms with Crippen LogP contribution in [0.25, 0.3) is 0 Å². The number of carbonyl (C=O) groups excluding carboxylic acids is 2.